The third-order valence-electron chi connectivity index (χ3n) is 9.34. The minimum Gasteiger partial charge on any atom is -0.444 e. The molecule has 0 bridgehead atoms. The van der Waals surface area contributed by atoms with Gasteiger partial charge in [-0.05, 0) is 85.9 Å². The maximum atomic E-state index is 12.0. The topological polar surface area (TPSA) is 195 Å². The fourth-order valence-corrected chi connectivity index (χ4v) is 6.38. The van der Waals surface area contributed by atoms with Crippen LogP contribution in [0.15, 0.2) is 36.7 Å². The van der Waals surface area contributed by atoms with Gasteiger partial charge in [-0.25, -0.2) is 14.4 Å². The summed E-state index contributed by atoms with van der Waals surface area (Å²) in [6.45, 7) is 38.0. The highest BCUT2D eigenvalue weighted by atomic mass is 16.6. The van der Waals surface area contributed by atoms with Gasteiger partial charge in [0, 0.05) is 90.4 Å². The normalized spacial score (nSPS) is 17.5. The number of fused-ring (bicyclic) bond motifs is 2. The Morgan fingerprint density at radius 3 is 1.40 bits per heavy atom. The van der Waals surface area contributed by atoms with Gasteiger partial charge in [0.25, 0.3) is 0 Å². The molecule has 2 aromatic rings. The fourth-order valence-electron chi connectivity index (χ4n) is 6.38. The first-order chi connectivity index (χ1) is 30.8. The maximum Gasteiger partial charge on any atom is 0.407 e. The van der Waals surface area contributed by atoms with Crippen molar-refractivity contribution in [1.29, 1.82) is 0 Å². The minimum atomic E-state index is -0.403. The van der Waals surface area contributed by atoms with E-state index in [-0.39, 0.29) is 30.3 Å². The molecule has 0 radical (unpaired) electrons. The molecule has 0 saturated carbocycles. The second-order valence-corrected chi connectivity index (χ2v) is 17.6. The number of nitrogens with zero attached hydrogens (tertiary/aromatic N) is 6. The van der Waals surface area contributed by atoms with Crippen LogP contribution in [0.5, 0.6) is 0 Å². The van der Waals surface area contributed by atoms with E-state index in [2.05, 4.69) is 71.4 Å². The van der Waals surface area contributed by atoms with E-state index in [0.717, 1.165) is 76.7 Å². The highest BCUT2D eigenvalue weighted by Crippen LogP contribution is 2.20. The van der Waals surface area contributed by atoms with E-state index in [1.54, 1.807) is 6.20 Å². The van der Waals surface area contributed by atoms with Crippen molar-refractivity contribution in [2.45, 2.75) is 158 Å². The lowest BCUT2D eigenvalue weighted by atomic mass is 10.1. The molecular weight excluding hydrogens is 825 g/mol. The van der Waals surface area contributed by atoms with Crippen molar-refractivity contribution in [3.63, 3.8) is 0 Å². The van der Waals surface area contributed by atoms with Crippen molar-refractivity contribution in [1.82, 2.24) is 56.2 Å². The van der Waals surface area contributed by atoms with E-state index in [1.807, 2.05) is 133 Å². The zero-order valence-corrected chi connectivity index (χ0v) is 43.6. The van der Waals surface area contributed by atoms with E-state index >= 15 is 0 Å². The van der Waals surface area contributed by atoms with Gasteiger partial charge in [-0.15, -0.1) is 0 Å². The number of alkyl carbamates (subject to hydrolysis) is 2. The number of amides is 4. The van der Waals surface area contributed by atoms with Crippen LogP contribution in [0.25, 0.3) is 0 Å². The van der Waals surface area contributed by atoms with Crippen LogP contribution in [0.1, 0.15) is 119 Å². The second-order valence-electron chi connectivity index (χ2n) is 17.6. The van der Waals surface area contributed by atoms with Crippen molar-refractivity contribution in [2.24, 2.45) is 5.73 Å². The average Bonchev–Trinajstić information content (AvgIpc) is 3.89. The third-order valence-corrected chi connectivity index (χ3v) is 9.34. The molecule has 7 N–H and O–H groups in total. The molecule has 0 atom stereocenters. The van der Waals surface area contributed by atoms with Crippen molar-refractivity contribution < 1.29 is 23.9 Å². The van der Waals surface area contributed by atoms with E-state index in [1.165, 1.54) is 11.3 Å². The molecule has 8 heterocycles. The van der Waals surface area contributed by atoms with Crippen LogP contribution in [0, 0.1) is 0 Å². The Bertz CT molecular complexity index is 1530. The van der Waals surface area contributed by atoms with Gasteiger partial charge in [0.2, 0.25) is 0 Å². The molecule has 6 aliphatic rings. The standard InChI is InChI=1S/C12H16N4O.C9H18N2O2.C8H16N2O2.C7H8N2.C4H10N2.4C2H6/c1-15-6-10(7-15)14-12(17)16-5-9-3-2-4-13-11(9)8-16;1-9(2,3)13-8(12)10-7-5-11(4)6-7;1-8(2,3)12-7(11)10-6-4-9-5-6;1-2-6-4-8-5-7(6)9-3-1;1-6-2-4(5)3-6;4*1-2/h2-4,10H,5-8H2,1H3,(H,14,17);7H,5-6H2,1-4H3,(H,10,12);6,9H,4-5H2,1-3H3,(H,10,11);1-3,8H,4-5H2;4H,2-3,5H2,1H3;4*1-2H3. The maximum absolute atomic E-state index is 12.0. The molecule has 0 spiro atoms. The number of ether oxygens (including phenoxy) is 2. The Labute approximate surface area is 394 Å². The molecule has 8 rings (SSSR count). The van der Waals surface area contributed by atoms with Crippen molar-refractivity contribution >= 4 is 18.2 Å². The minimum absolute atomic E-state index is 0.0288. The van der Waals surface area contributed by atoms with Crippen molar-refractivity contribution in [2.75, 3.05) is 73.5 Å². The Hall–Kier alpha value is -4.13. The molecule has 17 nitrogen and oxygen atoms in total. The van der Waals surface area contributed by atoms with Crippen molar-refractivity contribution in [3.8, 4) is 0 Å². The zero-order valence-electron chi connectivity index (χ0n) is 43.6. The molecule has 4 fully saturated rings. The second kappa shape index (κ2) is 32.5. The lowest BCUT2D eigenvalue weighted by Gasteiger charge is -2.37. The molecule has 0 aromatic carbocycles. The number of rotatable bonds is 3. The SMILES string of the molecule is CC.CC.CC.CC.CC(C)(C)OC(=O)NC1CNC1.CN1CC(N)C1.CN1CC(NC(=O)N2Cc3cccnc3C2)C1.CN1CC(NC(=O)OC(C)(C)C)C1.c1cnc2c(c1)CNC2. The number of likely N-dealkylation sites (N-methyl/N-ethyl adjacent to an activating group) is 3. The Morgan fingerprint density at radius 2 is 1.03 bits per heavy atom. The Kier molecular flexibility index (Phi) is 30.5. The van der Waals surface area contributed by atoms with Crippen LogP contribution < -0.4 is 32.3 Å². The summed E-state index contributed by atoms with van der Waals surface area (Å²) in [5.74, 6) is 0. The molecule has 0 aliphatic carbocycles. The quantitative estimate of drug-likeness (QED) is 0.217. The van der Waals surface area contributed by atoms with Gasteiger partial charge in [-0.2, -0.15) is 0 Å². The summed E-state index contributed by atoms with van der Waals surface area (Å²) in [5, 5.41) is 14.9. The number of hydrogen-bond donors (Lipinski definition) is 6. The molecular formula is C48H92N12O5. The van der Waals surface area contributed by atoms with Gasteiger partial charge in [-0.1, -0.05) is 67.5 Å². The van der Waals surface area contributed by atoms with Crippen LogP contribution in [0.3, 0.4) is 0 Å². The lowest BCUT2D eigenvalue weighted by Crippen LogP contribution is -2.59. The van der Waals surface area contributed by atoms with Gasteiger partial charge >= 0.3 is 18.2 Å². The van der Waals surface area contributed by atoms with E-state index < -0.39 is 11.2 Å². The first kappa shape index (κ1) is 60.9. The molecule has 17 heteroatoms. The first-order valence-electron chi connectivity index (χ1n) is 23.9. The van der Waals surface area contributed by atoms with Gasteiger partial charge in [0.05, 0.1) is 36.1 Å². The van der Waals surface area contributed by atoms with Gasteiger partial charge in [0.1, 0.15) is 11.2 Å². The number of pyridine rings is 2. The zero-order chi connectivity index (χ0) is 49.8. The summed E-state index contributed by atoms with van der Waals surface area (Å²) < 4.78 is 10.2. The van der Waals surface area contributed by atoms with Crippen LogP contribution in [-0.2, 0) is 35.7 Å². The van der Waals surface area contributed by atoms with Crippen LogP contribution in [0.4, 0.5) is 14.4 Å². The summed E-state index contributed by atoms with van der Waals surface area (Å²) in [6.07, 6.45) is 2.98. The Balaban J connectivity index is 0.000000778. The number of nitrogens with one attached hydrogen (secondary N) is 5. The van der Waals surface area contributed by atoms with Gasteiger partial charge < -0.3 is 61.4 Å². The number of aromatic nitrogens is 2. The average molecular weight is 917 g/mol. The predicted octanol–water partition coefficient (Wildman–Crippen LogP) is 5.78. The number of nitrogens with two attached hydrogens (primary N) is 1. The number of likely N-dealkylation sites (tertiary alicyclic amines) is 3. The number of carbonyl (C=O) groups excluding carboxylic acids is 3. The number of carbonyl (C=O) groups is 3. The van der Waals surface area contributed by atoms with Gasteiger partial charge in [-0.3, -0.25) is 9.97 Å². The van der Waals surface area contributed by atoms with Crippen LogP contribution >= 0.6 is 0 Å². The largest absolute Gasteiger partial charge is 0.444 e. The third kappa shape index (κ3) is 26.0. The summed E-state index contributed by atoms with van der Waals surface area (Å²) in [5.41, 5.74) is 9.36. The summed E-state index contributed by atoms with van der Waals surface area (Å²) >= 11 is 0. The highest BCUT2D eigenvalue weighted by Gasteiger charge is 2.30. The van der Waals surface area contributed by atoms with E-state index in [9.17, 15) is 14.4 Å². The Morgan fingerprint density at radius 1 is 0.600 bits per heavy atom. The summed E-state index contributed by atoms with van der Waals surface area (Å²) in [4.78, 5) is 51.1. The smallest absolute Gasteiger partial charge is 0.407 e. The lowest BCUT2D eigenvalue weighted by molar-refractivity contribution is 0.0427. The molecule has 65 heavy (non-hydrogen) atoms. The number of hydrogen-bond acceptors (Lipinski definition) is 13. The fraction of sp³-hybridized carbons (Fsp3) is 0.729. The predicted molar refractivity (Wildman–Crippen MR) is 266 cm³/mol. The summed E-state index contributed by atoms with van der Waals surface area (Å²) in [6, 6.07) is 9.36. The van der Waals surface area contributed by atoms with Crippen molar-refractivity contribution in [3.05, 3.63) is 59.2 Å². The summed E-state index contributed by atoms with van der Waals surface area (Å²) in [7, 11) is 6.15. The van der Waals surface area contributed by atoms with Crippen LogP contribution in [0.2, 0.25) is 0 Å². The molecule has 374 valence electrons. The molecule has 4 saturated heterocycles. The van der Waals surface area contributed by atoms with E-state index in [4.69, 9.17) is 15.2 Å². The molecule has 0 unspecified atom stereocenters. The van der Waals surface area contributed by atoms with Crippen LogP contribution in [-0.4, -0.2) is 157 Å². The first-order valence-corrected chi connectivity index (χ1v) is 23.9. The van der Waals surface area contributed by atoms with Gasteiger partial charge in [0.15, 0.2) is 0 Å². The van der Waals surface area contributed by atoms with E-state index in [0.29, 0.717) is 25.2 Å². The number of urea groups is 1. The molecule has 2 aromatic heterocycles. The molecule has 4 amide bonds. The highest BCUT2D eigenvalue weighted by molar-refractivity contribution is 5.75. The molecule has 6 aliphatic heterocycles. The monoisotopic (exact) mass is 917 g/mol.